The van der Waals surface area contributed by atoms with Crippen LogP contribution in [-0.4, -0.2) is 12.2 Å². The van der Waals surface area contributed by atoms with E-state index in [4.69, 9.17) is 4.74 Å². The van der Waals surface area contributed by atoms with Crippen LogP contribution in [0.2, 0.25) is 0 Å². The molecule has 1 aromatic rings. The largest absolute Gasteiger partial charge is 0.496 e. The highest BCUT2D eigenvalue weighted by Gasteiger charge is 2.29. The molecule has 1 N–H and O–H groups in total. The SMILES string of the molecule is CCCCC1CCC(C(O)c2cc(F)ccc2OC)CC1. The molecule has 1 saturated carbocycles. The van der Waals surface area contributed by atoms with Gasteiger partial charge >= 0.3 is 0 Å². The molecule has 0 radical (unpaired) electrons. The topological polar surface area (TPSA) is 29.5 Å². The number of aliphatic hydroxyl groups is 1. The van der Waals surface area contributed by atoms with Crippen molar-refractivity contribution in [3.8, 4) is 5.75 Å². The molecule has 2 nitrogen and oxygen atoms in total. The zero-order valence-electron chi connectivity index (χ0n) is 13.1. The van der Waals surface area contributed by atoms with Gasteiger partial charge in [-0.05, 0) is 42.9 Å². The van der Waals surface area contributed by atoms with Gasteiger partial charge in [-0.15, -0.1) is 0 Å². The van der Waals surface area contributed by atoms with Crippen molar-refractivity contribution in [2.24, 2.45) is 11.8 Å². The van der Waals surface area contributed by atoms with Gasteiger partial charge in [0.25, 0.3) is 0 Å². The van der Waals surface area contributed by atoms with Gasteiger partial charge in [-0.1, -0.05) is 39.0 Å². The molecule has 0 saturated heterocycles. The van der Waals surface area contributed by atoms with Gasteiger partial charge in [0.15, 0.2) is 0 Å². The maximum atomic E-state index is 13.4. The third-order valence-corrected chi connectivity index (χ3v) is 4.81. The van der Waals surface area contributed by atoms with Crippen LogP contribution in [0.15, 0.2) is 18.2 Å². The van der Waals surface area contributed by atoms with Gasteiger partial charge in [-0.25, -0.2) is 4.39 Å². The van der Waals surface area contributed by atoms with Gasteiger partial charge in [-0.3, -0.25) is 0 Å². The number of unbranched alkanes of at least 4 members (excludes halogenated alkanes) is 1. The molecule has 1 fully saturated rings. The van der Waals surface area contributed by atoms with E-state index in [1.807, 2.05) is 0 Å². The zero-order valence-corrected chi connectivity index (χ0v) is 13.1. The first-order valence-electron chi connectivity index (χ1n) is 8.17. The van der Waals surface area contributed by atoms with E-state index in [1.54, 1.807) is 13.2 Å². The van der Waals surface area contributed by atoms with Crippen molar-refractivity contribution in [1.82, 2.24) is 0 Å². The fraction of sp³-hybridized carbons (Fsp3) is 0.667. The van der Waals surface area contributed by atoms with Crippen molar-refractivity contribution in [3.63, 3.8) is 0 Å². The number of ether oxygens (including phenoxy) is 1. The highest BCUT2D eigenvalue weighted by molar-refractivity contribution is 5.36. The first kappa shape index (κ1) is 16.3. The van der Waals surface area contributed by atoms with Gasteiger partial charge in [0.05, 0.1) is 13.2 Å². The minimum Gasteiger partial charge on any atom is -0.496 e. The van der Waals surface area contributed by atoms with Crippen LogP contribution in [0, 0.1) is 17.7 Å². The summed E-state index contributed by atoms with van der Waals surface area (Å²) in [5, 5.41) is 10.6. The molecule has 3 heteroatoms. The molecule has 118 valence electrons. The Morgan fingerprint density at radius 3 is 2.62 bits per heavy atom. The standard InChI is InChI=1S/C18H27FO2/c1-3-4-5-13-6-8-14(9-7-13)18(20)16-12-15(19)10-11-17(16)21-2/h10-14,18,20H,3-9H2,1-2H3. The monoisotopic (exact) mass is 294 g/mol. The molecule has 0 spiro atoms. The van der Waals surface area contributed by atoms with Crippen LogP contribution in [0.3, 0.4) is 0 Å². The fourth-order valence-electron chi connectivity index (χ4n) is 3.48. The highest BCUT2D eigenvalue weighted by atomic mass is 19.1. The number of hydrogen-bond donors (Lipinski definition) is 1. The number of hydrogen-bond acceptors (Lipinski definition) is 2. The molecule has 1 atom stereocenters. The summed E-state index contributed by atoms with van der Waals surface area (Å²) in [6, 6.07) is 4.38. The van der Waals surface area contributed by atoms with Gasteiger partial charge in [0, 0.05) is 5.56 Å². The maximum absolute atomic E-state index is 13.4. The number of aliphatic hydroxyl groups excluding tert-OH is 1. The Balaban J connectivity index is 1.98. The molecule has 1 aliphatic rings. The fourth-order valence-corrected chi connectivity index (χ4v) is 3.48. The van der Waals surface area contributed by atoms with Crippen LogP contribution < -0.4 is 4.74 Å². The third-order valence-electron chi connectivity index (χ3n) is 4.81. The van der Waals surface area contributed by atoms with E-state index >= 15 is 0 Å². The van der Waals surface area contributed by atoms with Crippen LogP contribution in [0.25, 0.3) is 0 Å². The molecule has 0 amide bonds. The normalized spacial score (nSPS) is 23.8. The van der Waals surface area contributed by atoms with Gasteiger partial charge in [0.1, 0.15) is 11.6 Å². The zero-order chi connectivity index (χ0) is 15.2. The molecule has 0 aromatic heterocycles. The Kier molecular flexibility index (Phi) is 6.04. The van der Waals surface area contributed by atoms with E-state index in [2.05, 4.69) is 6.92 Å². The Morgan fingerprint density at radius 1 is 1.29 bits per heavy atom. The Hall–Kier alpha value is -1.09. The Labute approximate surface area is 127 Å². The number of halogens is 1. The predicted molar refractivity (Wildman–Crippen MR) is 82.9 cm³/mol. The van der Waals surface area contributed by atoms with Crippen LogP contribution in [0.4, 0.5) is 4.39 Å². The summed E-state index contributed by atoms with van der Waals surface area (Å²) in [4.78, 5) is 0. The van der Waals surface area contributed by atoms with Gasteiger partial charge < -0.3 is 9.84 Å². The van der Waals surface area contributed by atoms with Crippen molar-refractivity contribution < 1.29 is 14.2 Å². The lowest BCUT2D eigenvalue weighted by Gasteiger charge is -2.32. The number of methoxy groups -OCH3 is 1. The van der Waals surface area contributed by atoms with Gasteiger partial charge in [0.2, 0.25) is 0 Å². The second-order valence-corrected chi connectivity index (χ2v) is 6.25. The van der Waals surface area contributed by atoms with Crippen LogP contribution in [-0.2, 0) is 0 Å². The molecule has 0 bridgehead atoms. The van der Waals surface area contributed by atoms with Crippen LogP contribution in [0.5, 0.6) is 5.75 Å². The summed E-state index contributed by atoms with van der Waals surface area (Å²) in [6.07, 6.45) is 7.65. The van der Waals surface area contributed by atoms with Crippen LogP contribution in [0.1, 0.15) is 63.5 Å². The quantitative estimate of drug-likeness (QED) is 0.811. The minimum absolute atomic E-state index is 0.221. The molecule has 0 heterocycles. The molecule has 0 aliphatic heterocycles. The second-order valence-electron chi connectivity index (χ2n) is 6.25. The van der Waals surface area contributed by atoms with Crippen molar-refractivity contribution in [1.29, 1.82) is 0 Å². The average Bonchev–Trinajstić information content (AvgIpc) is 2.52. The molecule has 2 rings (SSSR count). The molecular formula is C18H27FO2. The number of benzene rings is 1. The summed E-state index contributed by atoms with van der Waals surface area (Å²) < 4.78 is 18.7. The van der Waals surface area contributed by atoms with E-state index in [0.717, 1.165) is 18.8 Å². The predicted octanol–water partition coefficient (Wildman–Crippen LogP) is 4.86. The van der Waals surface area contributed by atoms with Crippen molar-refractivity contribution in [2.75, 3.05) is 7.11 Å². The first-order valence-corrected chi connectivity index (χ1v) is 8.17. The lowest BCUT2D eigenvalue weighted by molar-refractivity contribution is 0.0697. The van der Waals surface area contributed by atoms with E-state index in [0.29, 0.717) is 11.3 Å². The summed E-state index contributed by atoms with van der Waals surface area (Å²) in [5.74, 6) is 1.29. The van der Waals surface area contributed by atoms with Crippen LogP contribution >= 0.6 is 0 Å². The average molecular weight is 294 g/mol. The minimum atomic E-state index is -0.622. The molecule has 1 unspecified atom stereocenters. The third kappa shape index (κ3) is 4.19. The summed E-state index contributed by atoms with van der Waals surface area (Å²) >= 11 is 0. The Bertz CT molecular complexity index is 439. The summed E-state index contributed by atoms with van der Waals surface area (Å²) in [5.41, 5.74) is 0.592. The van der Waals surface area contributed by atoms with E-state index in [1.165, 1.54) is 44.2 Å². The molecule has 1 aliphatic carbocycles. The lowest BCUT2D eigenvalue weighted by atomic mass is 9.76. The lowest BCUT2D eigenvalue weighted by Crippen LogP contribution is -2.21. The molecule has 1 aromatic carbocycles. The summed E-state index contributed by atoms with van der Waals surface area (Å²) in [7, 11) is 1.56. The van der Waals surface area contributed by atoms with E-state index in [9.17, 15) is 9.50 Å². The van der Waals surface area contributed by atoms with Crippen molar-refractivity contribution in [2.45, 2.75) is 58.0 Å². The molecular weight excluding hydrogens is 267 g/mol. The summed E-state index contributed by atoms with van der Waals surface area (Å²) in [6.45, 7) is 2.23. The van der Waals surface area contributed by atoms with Crippen molar-refractivity contribution >= 4 is 0 Å². The number of rotatable bonds is 6. The highest BCUT2D eigenvalue weighted by Crippen LogP contribution is 2.40. The van der Waals surface area contributed by atoms with Crippen molar-refractivity contribution in [3.05, 3.63) is 29.6 Å². The second kappa shape index (κ2) is 7.79. The smallest absolute Gasteiger partial charge is 0.124 e. The maximum Gasteiger partial charge on any atom is 0.124 e. The van der Waals surface area contributed by atoms with E-state index < -0.39 is 6.10 Å². The van der Waals surface area contributed by atoms with E-state index in [-0.39, 0.29) is 11.7 Å². The molecule has 21 heavy (non-hydrogen) atoms. The Morgan fingerprint density at radius 2 is 2.00 bits per heavy atom. The van der Waals surface area contributed by atoms with Gasteiger partial charge in [-0.2, -0.15) is 0 Å². The first-order chi connectivity index (χ1) is 10.2.